The molecule has 1 aromatic carbocycles. The number of aryl methyl sites for hydroxylation is 1. The fraction of sp³-hybridized carbons (Fsp3) is 0.571. The van der Waals surface area contributed by atoms with Gasteiger partial charge in [-0.15, -0.1) is 0 Å². The van der Waals surface area contributed by atoms with Crippen LogP contribution in [-0.4, -0.2) is 25.0 Å². The van der Waals surface area contributed by atoms with Crippen LogP contribution in [0.15, 0.2) is 18.2 Å². The maximum Gasteiger partial charge on any atom is 0.0423 e. The zero-order valence-corrected chi connectivity index (χ0v) is 10.7. The summed E-state index contributed by atoms with van der Waals surface area (Å²) in [7, 11) is 4.34. The molecule has 0 radical (unpaired) electrons. The smallest absolute Gasteiger partial charge is 0.0423 e. The van der Waals surface area contributed by atoms with Gasteiger partial charge in [-0.1, -0.05) is 25.1 Å². The van der Waals surface area contributed by atoms with Gasteiger partial charge in [0.1, 0.15) is 0 Å². The summed E-state index contributed by atoms with van der Waals surface area (Å²) in [5.41, 5.74) is 4.28. The van der Waals surface area contributed by atoms with Crippen LogP contribution in [0.25, 0.3) is 0 Å². The highest BCUT2D eigenvalue weighted by molar-refractivity contribution is 5.61. The van der Waals surface area contributed by atoms with E-state index in [1.54, 1.807) is 0 Å². The first-order chi connectivity index (χ1) is 7.63. The zero-order chi connectivity index (χ0) is 11.7. The largest absolute Gasteiger partial charge is 0.382 e. The molecule has 2 rings (SSSR count). The fourth-order valence-corrected chi connectivity index (χ4v) is 2.62. The van der Waals surface area contributed by atoms with Crippen molar-refractivity contribution < 1.29 is 0 Å². The van der Waals surface area contributed by atoms with Crippen LogP contribution < -0.4 is 5.32 Å². The monoisotopic (exact) mass is 218 g/mol. The van der Waals surface area contributed by atoms with E-state index in [0.29, 0.717) is 12.1 Å². The molecule has 0 aliphatic carbocycles. The first kappa shape index (κ1) is 11.5. The molecular weight excluding hydrogens is 196 g/mol. The average molecular weight is 218 g/mol. The lowest BCUT2D eigenvalue weighted by Gasteiger charge is -2.36. The second-order valence-corrected chi connectivity index (χ2v) is 5.00. The van der Waals surface area contributed by atoms with Gasteiger partial charge in [0.05, 0.1) is 0 Å². The summed E-state index contributed by atoms with van der Waals surface area (Å²) >= 11 is 0. The highest BCUT2D eigenvalue weighted by Gasteiger charge is 2.26. The van der Waals surface area contributed by atoms with Crippen LogP contribution in [0.1, 0.15) is 37.4 Å². The Morgan fingerprint density at radius 3 is 2.75 bits per heavy atom. The van der Waals surface area contributed by atoms with E-state index in [4.69, 9.17) is 0 Å². The van der Waals surface area contributed by atoms with Gasteiger partial charge in [0, 0.05) is 17.8 Å². The van der Waals surface area contributed by atoms with Gasteiger partial charge in [0.15, 0.2) is 0 Å². The molecular formula is C14H22N2. The molecule has 2 atom stereocenters. The molecule has 2 heteroatoms. The van der Waals surface area contributed by atoms with Crippen molar-refractivity contribution in [1.29, 1.82) is 0 Å². The standard InChI is InChI=1S/C14H22N2/c1-5-11-7-6-8-12-13(16(3)4)9-10(2)15-14(11)12/h6-8,10,13,15H,5,9H2,1-4H3. The van der Waals surface area contributed by atoms with E-state index in [1.807, 2.05) is 0 Å². The van der Waals surface area contributed by atoms with Crippen LogP contribution in [-0.2, 0) is 6.42 Å². The van der Waals surface area contributed by atoms with Gasteiger partial charge >= 0.3 is 0 Å². The lowest BCUT2D eigenvalue weighted by atomic mass is 9.90. The number of hydrogen-bond acceptors (Lipinski definition) is 2. The Morgan fingerprint density at radius 1 is 1.38 bits per heavy atom. The molecule has 0 saturated carbocycles. The van der Waals surface area contributed by atoms with Gasteiger partial charge < -0.3 is 10.2 Å². The minimum absolute atomic E-state index is 0.553. The molecule has 1 N–H and O–H groups in total. The van der Waals surface area contributed by atoms with E-state index < -0.39 is 0 Å². The second-order valence-electron chi connectivity index (χ2n) is 5.00. The van der Waals surface area contributed by atoms with Gasteiger partial charge in [0.25, 0.3) is 0 Å². The van der Waals surface area contributed by atoms with Crippen LogP contribution in [0, 0.1) is 0 Å². The van der Waals surface area contributed by atoms with Crippen molar-refractivity contribution in [3.05, 3.63) is 29.3 Å². The summed E-state index contributed by atoms with van der Waals surface area (Å²) in [6.07, 6.45) is 2.29. The number of nitrogens with zero attached hydrogens (tertiary/aromatic N) is 1. The maximum atomic E-state index is 3.64. The molecule has 0 saturated heterocycles. The van der Waals surface area contributed by atoms with Gasteiger partial charge in [-0.3, -0.25) is 0 Å². The van der Waals surface area contributed by atoms with E-state index in [9.17, 15) is 0 Å². The third-order valence-corrected chi connectivity index (χ3v) is 3.51. The Bertz CT molecular complexity index is 371. The highest BCUT2D eigenvalue weighted by atomic mass is 15.1. The van der Waals surface area contributed by atoms with Crippen molar-refractivity contribution in [2.75, 3.05) is 19.4 Å². The molecule has 1 aliphatic rings. The number of nitrogens with one attached hydrogen (secondary N) is 1. The minimum atomic E-state index is 0.553. The van der Waals surface area contributed by atoms with Gasteiger partial charge in [-0.2, -0.15) is 0 Å². The molecule has 0 spiro atoms. The van der Waals surface area contributed by atoms with E-state index in [0.717, 1.165) is 6.42 Å². The van der Waals surface area contributed by atoms with Gasteiger partial charge in [-0.05, 0) is 45.0 Å². The number of rotatable bonds is 2. The molecule has 2 unspecified atom stereocenters. The minimum Gasteiger partial charge on any atom is -0.382 e. The summed E-state index contributed by atoms with van der Waals surface area (Å²) in [6.45, 7) is 4.49. The predicted octanol–water partition coefficient (Wildman–Crippen LogP) is 3.06. The predicted molar refractivity (Wildman–Crippen MR) is 69.9 cm³/mol. The average Bonchev–Trinajstić information content (AvgIpc) is 2.27. The number of benzene rings is 1. The van der Waals surface area contributed by atoms with E-state index in [1.165, 1.54) is 23.2 Å². The SMILES string of the molecule is CCc1cccc2c1NC(C)CC2N(C)C. The van der Waals surface area contributed by atoms with E-state index >= 15 is 0 Å². The fourth-order valence-electron chi connectivity index (χ4n) is 2.62. The topological polar surface area (TPSA) is 15.3 Å². The summed E-state index contributed by atoms with van der Waals surface area (Å²) < 4.78 is 0. The van der Waals surface area contributed by atoms with Crippen molar-refractivity contribution >= 4 is 5.69 Å². The number of hydrogen-bond donors (Lipinski definition) is 1. The Morgan fingerprint density at radius 2 is 2.12 bits per heavy atom. The Labute approximate surface area is 98.7 Å². The molecule has 88 valence electrons. The first-order valence-electron chi connectivity index (χ1n) is 6.18. The van der Waals surface area contributed by atoms with Crippen molar-refractivity contribution in [2.45, 2.75) is 38.8 Å². The van der Waals surface area contributed by atoms with E-state index in [2.05, 4.69) is 56.4 Å². The van der Waals surface area contributed by atoms with Crippen LogP contribution in [0.3, 0.4) is 0 Å². The number of para-hydroxylation sites is 1. The van der Waals surface area contributed by atoms with Gasteiger partial charge in [-0.25, -0.2) is 0 Å². The Hall–Kier alpha value is -1.02. The normalized spacial score (nSPS) is 24.1. The van der Waals surface area contributed by atoms with Crippen molar-refractivity contribution in [3.8, 4) is 0 Å². The third kappa shape index (κ3) is 1.94. The molecule has 2 nitrogen and oxygen atoms in total. The molecule has 0 aromatic heterocycles. The van der Waals surface area contributed by atoms with Crippen LogP contribution in [0.5, 0.6) is 0 Å². The summed E-state index contributed by atoms with van der Waals surface area (Å²) in [5.74, 6) is 0. The number of fused-ring (bicyclic) bond motifs is 1. The second kappa shape index (κ2) is 4.46. The summed E-state index contributed by atoms with van der Waals surface area (Å²) in [6, 6.07) is 7.80. The summed E-state index contributed by atoms with van der Waals surface area (Å²) in [4.78, 5) is 2.33. The molecule has 1 aromatic rings. The Kier molecular flexibility index (Phi) is 3.20. The van der Waals surface area contributed by atoms with Gasteiger partial charge in [0.2, 0.25) is 0 Å². The lowest BCUT2D eigenvalue weighted by Crippen LogP contribution is -2.33. The maximum absolute atomic E-state index is 3.64. The molecule has 0 bridgehead atoms. The van der Waals surface area contributed by atoms with Crippen molar-refractivity contribution in [1.82, 2.24) is 4.90 Å². The quantitative estimate of drug-likeness (QED) is 0.820. The first-order valence-corrected chi connectivity index (χ1v) is 6.18. The van der Waals surface area contributed by atoms with Crippen LogP contribution in [0.2, 0.25) is 0 Å². The highest BCUT2D eigenvalue weighted by Crippen LogP contribution is 2.37. The third-order valence-electron chi connectivity index (χ3n) is 3.51. The van der Waals surface area contributed by atoms with Crippen LogP contribution >= 0.6 is 0 Å². The zero-order valence-electron chi connectivity index (χ0n) is 10.7. The van der Waals surface area contributed by atoms with Crippen LogP contribution in [0.4, 0.5) is 5.69 Å². The van der Waals surface area contributed by atoms with E-state index in [-0.39, 0.29) is 0 Å². The Balaban J connectivity index is 2.46. The lowest BCUT2D eigenvalue weighted by molar-refractivity contribution is 0.270. The molecule has 1 aliphatic heterocycles. The molecule has 0 amide bonds. The number of anilines is 1. The summed E-state index contributed by atoms with van der Waals surface area (Å²) in [5, 5.41) is 3.64. The van der Waals surface area contributed by atoms with Crippen molar-refractivity contribution in [2.24, 2.45) is 0 Å². The molecule has 16 heavy (non-hydrogen) atoms. The molecule has 0 fully saturated rings. The van der Waals surface area contributed by atoms with Crippen molar-refractivity contribution in [3.63, 3.8) is 0 Å². The molecule has 1 heterocycles.